The van der Waals surface area contributed by atoms with E-state index < -0.39 is 0 Å². The topological polar surface area (TPSA) is 52.8 Å². The lowest BCUT2D eigenvalue weighted by molar-refractivity contribution is 0.747. The van der Waals surface area contributed by atoms with Crippen molar-refractivity contribution in [1.29, 1.82) is 5.26 Å². The van der Waals surface area contributed by atoms with Crippen LogP contribution in [0.4, 0.5) is 5.82 Å². The molecular formula is C17H18N4S. The van der Waals surface area contributed by atoms with Gasteiger partial charge in [-0.05, 0) is 25.0 Å². The van der Waals surface area contributed by atoms with E-state index in [0.29, 0.717) is 10.8 Å². The molecule has 1 atom stereocenters. The van der Waals surface area contributed by atoms with Crippen molar-refractivity contribution in [3.05, 3.63) is 52.7 Å². The molecule has 0 radical (unpaired) electrons. The zero-order chi connectivity index (χ0) is 15.5. The molecule has 22 heavy (non-hydrogen) atoms. The summed E-state index contributed by atoms with van der Waals surface area (Å²) in [7, 11) is 0. The number of aryl methyl sites for hydroxylation is 1. The van der Waals surface area contributed by atoms with Crippen molar-refractivity contribution in [3.8, 4) is 6.07 Å². The summed E-state index contributed by atoms with van der Waals surface area (Å²) in [4.78, 5) is 2.20. The van der Waals surface area contributed by atoms with Crippen molar-refractivity contribution in [3.63, 3.8) is 0 Å². The molecule has 0 spiro atoms. The lowest BCUT2D eigenvalue weighted by atomic mass is 10.1. The van der Waals surface area contributed by atoms with Crippen LogP contribution < -0.4 is 4.90 Å². The maximum Gasteiger partial charge on any atom is 0.169 e. The van der Waals surface area contributed by atoms with E-state index in [2.05, 4.69) is 45.4 Å². The molecule has 2 aromatic rings. The van der Waals surface area contributed by atoms with Crippen LogP contribution in [-0.2, 0) is 0 Å². The van der Waals surface area contributed by atoms with Gasteiger partial charge in [0.05, 0.1) is 5.69 Å². The third kappa shape index (κ3) is 2.79. The highest BCUT2D eigenvalue weighted by atomic mass is 32.2. The number of hydrogen-bond donors (Lipinski definition) is 0. The van der Waals surface area contributed by atoms with Crippen LogP contribution in [0.15, 0.2) is 30.3 Å². The highest BCUT2D eigenvalue weighted by molar-refractivity contribution is 7.99. The molecule has 1 fully saturated rings. The van der Waals surface area contributed by atoms with Gasteiger partial charge in [0.25, 0.3) is 0 Å². The molecule has 0 aliphatic carbocycles. The number of thioether (sulfide) groups is 1. The Morgan fingerprint density at radius 1 is 1.23 bits per heavy atom. The van der Waals surface area contributed by atoms with Gasteiger partial charge in [0, 0.05) is 24.1 Å². The Morgan fingerprint density at radius 2 is 2.00 bits per heavy atom. The van der Waals surface area contributed by atoms with E-state index in [1.807, 2.05) is 31.7 Å². The molecule has 3 rings (SSSR count). The summed E-state index contributed by atoms with van der Waals surface area (Å²) in [5.74, 6) is 1.76. The number of nitriles is 1. The Bertz CT molecular complexity index is 709. The van der Waals surface area contributed by atoms with E-state index in [-0.39, 0.29) is 0 Å². The number of nitrogens with zero attached hydrogens (tertiary/aromatic N) is 4. The van der Waals surface area contributed by atoms with Crippen LogP contribution in [0.3, 0.4) is 0 Å². The zero-order valence-corrected chi connectivity index (χ0v) is 13.6. The third-order valence-electron chi connectivity index (χ3n) is 4.09. The van der Waals surface area contributed by atoms with E-state index in [1.54, 1.807) is 0 Å². The number of benzene rings is 1. The maximum absolute atomic E-state index is 9.49. The standard InChI is InChI=1S/C17H18N4S/c1-12-13(2)19-20-17(15(12)10-18)21-8-9-22-16(11-21)14-6-4-3-5-7-14/h3-7,16H,8-9,11H2,1-2H3/t16-/m1/s1. The molecule has 1 aromatic carbocycles. The lowest BCUT2D eigenvalue weighted by Crippen LogP contribution is -2.36. The number of anilines is 1. The molecule has 1 aromatic heterocycles. The summed E-state index contributed by atoms with van der Waals surface area (Å²) in [6, 6.07) is 12.8. The fourth-order valence-electron chi connectivity index (χ4n) is 2.66. The third-order valence-corrected chi connectivity index (χ3v) is 5.33. The van der Waals surface area contributed by atoms with Crippen molar-refractivity contribution in [2.24, 2.45) is 0 Å². The summed E-state index contributed by atoms with van der Waals surface area (Å²) in [6.45, 7) is 5.60. The first-order valence-corrected chi connectivity index (χ1v) is 8.41. The Morgan fingerprint density at radius 3 is 2.73 bits per heavy atom. The highest BCUT2D eigenvalue weighted by Crippen LogP contribution is 2.35. The van der Waals surface area contributed by atoms with Crippen LogP contribution in [0, 0.1) is 25.2 Å². The first-order chi connectivity index (χ1) is 10.7. The van der Waals surface area contributed by atoms with Gasteiger partial charge in [-0.3, -0.25) is 0 Å². The van der Waals surface area contributed by atoms with Gasteiger partial charge >= 0.3 is 0 Å². The highest BCUT2D eigenvalue weighted by Gasteiger charge is 2.25. The quantitative estimate of drug-likeness (QED) is 0.852. The molecule has 2 heterocycles. The summed E-state index contributed by atoms with van der Waals surface area (Å²) < 4.78 is 0. The molecule has 0 bridgehead atoms. The molecule has 0 N–H and O–H groups in total. The maximum atomic E-state index is 9.49. The molecule has 0 amide bonds. The second-order valence-electron chi connectivity index (χ2n) is 5.44. The molecule has 4 nitrogen and oxygen atoms in total. The van der Waals surface area contributed by atoms with Crippen LogP contribution >= 0.6 is 11.8 Å². The number of hydrogen-bond acceptors (Lipinski definition) is 5. The second-order valence-corrected chi connectivity index (χ2v) is 6.75. The van der Waals surface area contributed by atoms with E-state index >= 15 is 0 Å². The summed E-state index contributed by atoms with van der Waals surface area (Å²) in [5.41, 5.74) is 3.74. The molecule has 5 heteroatoms. The van der Waals surface area contributed by atoms with Crippen LogP contribution in [0.25, 0.3) is 0 Å². The van der Waals surface area contributed by atoms with Gasteiger partial charge in [0.1, 0.15) is 11.6 Å². The largest absolute Gasteiger partial charge is 0.352 e. The molecule has 0 unspecified atom stereocenters. The van der Waals surface area contributed by atoms with Crippen molar-refractivity contribution in [2.75, 3.05) is 23.7 Å². The van der Waals surface area contributed by atoms with Gasteiger partial charge in [-0.15, -0.1) is 5.10 Å². The zero-order valence-electron chi connectivity index (χ0n) is 12.8. The van der Waals surface area contributed by atoms with Crippen LogP contribution in [0.5, 0.6) is 0 Å². The fraction of sp³-hybridized carbons (Fsp3) is 0.353. The predicted molar refractivity (Wildman–Crippen MR) is 90.1 cm³/mol. The summed E-state index contributed by atoms with van der Waals surface area (Å²) in [5, 5.41) is 18.4. The number of aromatic nitrogens is 2. The Balaban J connectivity index is 1.90. The first kappa shape index (κ1) is 14.9. The molecule has 1 aliphatic heterocycles. The molecular weight excluding hydrogens is 292 g/mol. The molecule has 1 aliphatic rings. The van der Waals surface area contributed by atoms with Gasteiger partial charge in [0.15, 0.2) is 5.82 Å². The van der Waals surface area contributed by atoms with Gasteiger partial charge in [-0.2, -0.15) is 22.1 Å². The van der Waals surface area contributed by atoms with E-state index in [1.165, 1.54) is 5.56 Å². The average molecular weight is 310 g/mol. The first-order valence-electron chi connectivity index (χ1n) is 7.36. The smallest absolute Gasteiger partial charge is 0.169 e. The lowest BCUT2D eigenvalue weighted by Gasteiger charge is -2.33. The van der Waals surface area contributed by atoms with Gasteiger partial charge in [-0.25, -0.2) is 0 Å². The predicted octanol–water partition coefficient (Wildman–Crippen LogP) is 3.26. The Kier molecular flexibility index (Phi) is 4.30. The van der Waals surface area contributed by atoms with Crippen molar-refractivity contribution >= 4 is 17.6 Å². The van der Waals surface area contributed by atoms with Gasteiger partial charge < -0.3 is 4.90 Å². The monoisotopic (exact) mass is 310 g/mol. The minimum absolute atomic E-state index is 0.407. The SMILES string of the molecule is Cc1nnc(N2CCS[C@@H](c3ccccc3)C2)c(C#N)c1C. The van der Waals surface area contributed by atoms with Crippen molar-refractivity contribution < 1.29 is 0 Å². The van der Waals surface area contributed by atoms with Crippen LogP contribution in [0.2, 0.25) is 0 Å². The van der Waals surface area contributed by atoms with Crippen molar-refractivity contribution in [1.82, 2.24) is 10.2 Å². The van der Waals surface area contributed by atoms with E-state index in [9.17, 15) is 5.26 Å². The Labute approximate surface area is 135 Å². The van der Waals surface area contributed by atoms with Gasteiger partial charge in [0.2, 0.25) is 0 Å². The van der Waals surface area contributed by atoms with E-state index in [0.717, 1.165) is 35.9 Å². The van der Waals surface area contributed by atoms with Gasteiger partial charge in [-0.1, -0.05) is 30.3 Å². The molecule has 1 saturated heterocycles. The molecule has 112 valence electrons. The number of rotatable bonds is 2. The average Bonchev–Trinajstić information content (AvgIpc) is 2.58. The second kappa shape index (κ2) is 6.37. The Hall–Kier alpha value is -2.06. The normalized spacial score (nSPS) is 18.0. The van der Waals surface area contributed by atoms with Crippen molar-refractivity contribution in [2.45, 2.75) is 19.1 Å². The van der Waals surface area contributed by atoms with Crippen LogP contribution in [-0.4, -0.2) is 29.0 Å². The minimum atomic E-state index is 0.407. The van der Waals surface area contributed by atoms with Crippen LogP contribution in [0.1, 0.15) is 27.6 Å². The summed E-state index contributed by atoms with van der Waals surface area (Å²) >= 11 is 1.96. The molecule has 0 saturated carbocycles. The minimum Gasteiger partial charge on any atom is -0.352 e. The fourth-order valence-corrected chi connectivity index (χ4v) is 3.91. The summed E-state index contributed by atoms with van der Waals surface area (Å²) in [6.07, 6.45) is 0. The van der Waals surface area contributed by atoms with E-state index in [4.69, 9.17) is 0 Å².